The highest BCUT2D eigenvalue weighted by atomic mass is 32.2. The lowest BCUT2D eigenvalue weighted by molar-refractivity contribution is 0.0864. The molecule has 4 nitrogen and oxygen atoms in total. The van der Waals surface area contributed by atoms with E-state index in [-0.39, 0.29) is 19.3 Å². The second kappa shape index (κ2) is 11.3. The van der Waals surface area contributed by atoms with Gasteiger partial charge in [-0.15, -0.1) is 11.8 Å². The van der Waals surface area contributed by atoms with Crippen molar-refractivity contribution in [2.75, 3.05) is 25.6 Å². The standard InChI is InChI=1S/C25H29NO3S/c26-24(18-29-16-15-27)19-30-25(21-7-3-1-4-8-21,22-9-5-2-6-10-22)23-13-11-20(17-28)12-14-23/h1-14,24,27-28H,15-19,26H2/t24-/m1/s1. The Labute approximate surface area is 182 Å². The summed E-state index contributed by atoms with van der Waals surface area (Å²) in [4.78, 5) is 0. The van der Waals surface area contributed by atoms with Crippen molar-refractivity contribution >= 4 is 11.8 Å². The van der Waals surface area contributed by atoms with E-state index in [1.807, 2.05) is 24.3 Å². The van der Waals surface area contributed by atoms with E-state index in [1.165, 1.54) is 11.1 Å². The first-order valence-electron chi connectivity index (χ1n) is 10.1. The van der Waals surface area contributed by atoms with Gasteiger partial charge in [-0.05, 0) is 22.3 Å². The molecule has 0 aromatic heterocycles. The van der Waals surface area contributed by atoms with Crippen LogP contribution in [0.2, 0.25) is 0 Å². The Bertz CT molecular complexity index is 832. The van der Waals surface area contributed by atoms with Crippen LogP contribution in [0.1, 0.15) is 22.3 Å². The van der Waals surface area contributed by atoms with Crippen LogP contribution in [-0.2, 0) is 16.1 Å². The van der Waals surface area contributed by atoms with Crippen molar-refractivity contribution in [3.63, 3.8) is 0 Å². The highest BCUT2D eigenvalue weighted by molar-refractivity contribution is 8.00. The fourth-order valence-electron chi connectivity index (χ4n) is 3.52. The first-order chi connectivity index (χ1) is 14.7. The van der Waals surface area contributed by atoms with Crippen molar-refractivity contribution in [3.8, 4) is 0 Å². The van der Waals surface area contributed by atoms with E-state index < -0.39 is 4.75 Å². The lowest BCUT2D eigenvalue weighted by Crippen LogP contribution is -2.34. The third-order valence-corrected chi connectivity index (χ3v) is 6.72. The molecule has 0 bridgehead atoms. The van der Waals surface area contributed by atoms with Crippen molar-refractivity contribution in [1.82, 2.24) is 0 Å². The molecule has 0 aliphatic carbocycles. The van der Waals surface area contributed by atoms with Gasteiger partial charge in [0.25, 0.3) is 0 Å². The molecule has 0 fully saturated rings. The van der Waals surface area contributed by atoms with E-state index in [4.69, 9.17) is 15.6 Å². The lowest BCUT2D eigenvalue weighted by Gasteiger charge is -2.36. The molecule has 0 saturated heterocycles. The predicted molar refractivity (Wildman–Crippen MR) is 123 cm³/mol. The van der Waals surface area contributed by atoms with E-state index in [1.54, 1.807) is 11.8 Å². The summed E-state index contributed by atoms with van der Waals surface area (Å²) in [5.74, 6) is 0.678. The van der Waals surface area contributed by atoms with Gasteiger partial charge in [-0.3, -0.25) is 0 Å². The van der Waals surface area contributed by atoms with Gasteiger partial charge >= 0.3 is 0 Å². The third-order valence-electron chi connectivity index (χ3n) is 4.99. The Balaban J connectivity index is 2.05. The fourth-order valence-corrected chi connectivity index (χ4v) is 4.99. The van der Waals surface area contributed by atoms with Gasteiger partial charge in [0.2, 0.25) is 0 Å². The topological polar surface area (TPSA) is 75.7 Å². The molecule has 0 amide bonds. The molecule has 158 valence electrons. The fraction of sp³-hybridized carbons (Fsp3) is 0.280. The second-order valence-corrected chi connectivity index (χ2v) is 8.37. The molecule has 0 spiro atoms. The zero-order valence-electron chi connectivity index (χ0n) is 17.0. The lowest BCUT2D eigenvalue weighted by atomic mass is 9.83. The van der Waals surface area contributed by atoms with E-state index in [0.29, 0.717) is 19.0 Å². The van der Waals surface area contributed by atoms with Crippen LogP contribution in [0.25, 0.3) is 0 Å². The molecule has 3 rings (SSSR count). The monoisotopic (exact) mass is 423 g/mol. The van der Waals surface area contributed by atoms with Gasteiger partial charge in [0.1, 0.15) is 0 Å². The predicted octanol–water partition coefficient (Wildman–Crippen LogP) is 3.54. The van der Waals surface area contributed by atoms with Crippen LogP contribution in [0, 0.1) is 0 Å². The molecule has 5 heteroatoms. The minimum Gasteiger partial charge on any atom is -0.394 e. The Hall–Kier alpha value is -2.15. The molecule has 0 aliphatic heterocycles. The smallest absolute Gasteiger partial charge is 0.0907 e. The number of ether oxygens (including phenoxy) is 1. The number of benzene rings is 3. The number of thioether (sulfide) groups is 1. The zero-order valence-corrected chi connectivity index (χ0v) is 17.8. The summed E-state index contributed by atoms with van der Waals surface area (Å²) in [6.45, 7) is 0.708. The highest BCUT2D eigenvalue weighted by Crippen LogP contribution is 2.48. The first kappa shape index (κ1) is 22.5. The molecule has 3 aromatic carbocycles. The molecule has 1 atom stereocenters. The number of rotatable bonds is 11. The van der Waals surface area contributed by atoms with Crippen molar-refractivity contribution in [1.29, 1.82) is 0 Å². The van der Waals surface area contributed by atoms with E-state index >= 15 is 0 Å². The van der Waals surface area contributed by atoms with Gasteiger partial charge < -0.3 is 20.7 Å². The normalized spacial score (nSPS) is 12.6. The molecule has 3 aromatic rings. The minimum absolute atomic E-state index is 0.00492. The highest BCUT2D eigenvalue weighted by Gasteiger charge is 2.37. The van der Waals surface area contributed by atoms with E-state index in [2.05, 4.69) is 60.7 Å². The number of hydrogen-bond acceptors (Lipinski definition) is 5. The molecular weight excluding hydrogens is 394 g/mol. The summed E-state index contributed by atoms with van der Waals surface area (Å²) in [6, 6.07) is 28.8. The third kappa shape index (κ3) is 5.31. The number of aliphatic hydroxyl groups excluding tert-OH is 2. The van der Waals surface area contributed by atoms with Crippen LogP contribution in [0.5, 0.6) is 0 Å². The maximum absolute atomic E-state index is 9.49. The van der Waals surface area contributed by atoms with Crippen molar-refractivity contribution < 1.29 is 14.9 Å². The average molecular weight is 424 g/mol. The summed E-state index contributed by atoms with van der Waals surface area (Å²) in [7, 11) is 0. The molecule has 0 radical (unpaired) electrons. The Morgan fingerprint density at radius 3 is 1.83 bits per heavy atom. The van der Waals surface area contributed by atoms with Crippen LogP contribution in [-0.4, -0.2) is 41.8 Å². The Morgan fingerprint density at radius 1 is 0.800 bits per heavy atom. The number of nitrogens with two attached hydrogens (primary N) is 1. The van der Waals surface area contributed by atoms with Gasteiger partial charge in [-0.1, -0.05) is 84.9 Å². The van der Waals surface area contributed by atoms with Crippen LogP contribution in [0.3, 0.4) is 0 Å². The molecule has 0 heterocycles. The molecule has 0 unspecified atom stereocenters. The largest absolute Gasteiger partial charge is 0.394 e. The van der Waals surface area contributed by atoms with Crippen LogP contribution < -0.4 is 5.73 Å². The molecule has 30 heavy (non-hydrogen) atoms. The summed E-state index contributed by atoms with van der Waals surface area (Å²) in [6.07, 6.45) is 0. The summed E-state index contributed by atoms with van der Waals surface area (Å²) >= 11 is 1.78. The van der Waals surface area contributed by atoms with Gasteiger partial charge in [-0.25, -0.2) is 0 Å². The molecule has 0 aliphatic rings. The van der Waals surface area contributed by atoms with Crippen LogP contribution in [0.4, 0.5) is 0 Å². The summed E-state index contributed by atoms with van der Waals surface area (Å²) in [5, 5.41) is 18.4. The quantitative estimate of drug-likeness (QED) is 0.325. The zero-order chi connectivity index (χ0) is 21.2. The Kier molecular flexibility index (Phi) is 8.49. The van der Waals surface area contributed by atoms with E-state index in [0.717, 1.165) is 11.1 Å². The first-order valence-corrected chi connectivity index (χ1v) is 11.1. The van der Waals surface area contributed by atoms with E-state index in [9.17, 15) is 5.11 Å². The van der Waals surface area contributed by atoms with Gasteiger partial charge in [0.05, 0.1) is 31.2 Å². The maximum Gasteiger partial charge on any atom is 0.0907 e. The second-order valence-electron chi connectivity index (χ2n) is 7.14. The van der Waals surface area contributed by atoms with Gasteiger partial charge in [0, 0.05) is 11.8 Å². The van der Waals surface area contributed by atoms with Crippen molar-refractivity contribution in [2.24, 2.45) is 5.73 Å². The van der Waals surface area contributed by atoms with Crippen molar-refractivity contribution in [2.45, 2.75) is 17.4 Å². The minimum atomic E-state index is -0.453. The molecular formula is C25H29NO3S. The average Bonchev–Trinajstić information content (AvgIpc) is 2.81. The van der Waals surface area contributed by atoms with Crippen LogP contribution >= 0.6 is 11.8 Å². The number of hydrogen-bond donors (Lipinski definition) is 3. The van der Waals surface area contributed by atoms with Gasteiger partial charge in [0.15, 0.2) is 0 Å². The summed E-state index contributed by atoms with van der Waals surface area (Å²) in [5.41, 5.74) is 10.7. The maximum atomic E-state index is 9.49. The Morgan fingerprint density at radius 2 is 1.33 bits per heavy atom. The number of aliphatic hydroxyl groups is 2. The van der Waals surface area contributed by atoms with Crippen molar-refractivity contribution in [3.05, 3.63) is 107 Å². The summed E-state index contributed by atoms with van der Waals surface area (Å²) < 4.78 is 4.99. The molecule has 0 saturated carbocycles. The SMILES string of the molecule is N[C@H](COCCO)CSC(c1ccccc1)(c1ccccc1)c1ccc(CO)cc1. The molecule has 4 N–H and O–H groups in total. The van der Waals surface area contributed by atoms with Crippen LogP contribution in [0.15, 0.2) is 84.9 Å². The van der Waals surface area contributed by atoms with Gasteiger partial charge in [-0.2, -0.15) is 0 Å².